The van der Waals surface area contributed by atoms with Gasteiger partial charge in [-0.1, -0.05) is 6.92 Å². The molecule has 2 N–H and O–H groups in total. The van der Waals surface area contributed by atoms with Crippen LogP contribution < -0.4 is 10.6 Å². The number of nitrogens with one attached hydrogen (secondary N) is 2. The molecule has 96 valence electrons. The number of rotatable bonds is 4. The van der Waals surface area contributed by atoms with Crippen molar-refractivity contribution in [2.75, 3.05) is 6.61 Å². The molecule has 17 heavy (non-hydrogen) atoms. The number of carbonyl (C=O) groups is 3. The summed E-state index contributed by atoms with van der Waals surface area (Å²) in [6.45, 7) is 5.09. The molecular formula is C11H18N2O4. The number of esters is 1. The van der Waals surface area contributed by atoms with E-state index in [1.807, 2.05) is 6.92 Å². The van der Waals surface area contributed by atoms with Gasteiger partial charge in [0.25, 0.3) is 5.91 Å². The van der Waals surface area contributed by atoms with Gasteiger partial charge in [0.2, 0.25) is 0 Å². The predicted molar refractivity (Wildman–Crippen MR) is 60.0 cm³/mol. The lowest BCUT2D eigenvalue weighted by atomic mass is 10.3. The largest absolute Gasteiger partial charge is 0.455 e. The first-order chi connectivity index (χ1) is 7.90. The van der Waals surface area contributed by atoms with E-state index in [0.717, 1.165) is 6.42 Å². The van der Waals surface area contributed by atoms with Gasteiger partial charge in [-0.15, -0.1) is 0 Å². The van der Waals surface area contributed by atoms with Crippen molar-refractivity contribution in [1.82, 2.24) is 10.6 Å². The normalized spacial score (nSPS) is 21.9. The average Bonchev–Trinajstić information content (AvgIpc) is 2.90. The summed E-state index contributed by atoms with van der Waals surface area (Å²) in [5, 5.41) is 4.56. The van der Waals surface area contributed by atoms with Crippen LogP contribution in [0, 0.1) is 11.8 Å². The molecule has 0 bridgehead atoms. The summed E-state index contributed by atoms with van der Waals surface area (Å²) >= 11 is 0. The molecule has 0 aliphatic heterocycles. The molecule has 0 aromatic carbocycles. The average molecular weight is 242 g/mol. The van der Waals surface area contributed by atoms with E-state index in [4.69, 9.17) is 4.74 Å². The molecule has 6 heteroatoms. The molecule has 0 aromatic rings. The summed E-state index contributed by atoms with van der Waals surface area (Å²) in [6, 6.07) is -0.640. The van der Waals surface area contributed by atoms with Gasteiger partial charge in [-0.05, 0) is 26.2 Å². The molecule has 0 radical (unpaired) electrons. The first kappa shape index (κ1) is 13.5. The number of urea groups is 1. The Hall–Kier alpha value is -1.59. The van der Waals surface area contributed by atoms with Crippen LogP contribution in [0.3, 0.4) is 0 Å². The molecule has 0 unspecified atom stereocenters. The summed E-state index contributed by atoms with van der Waals surface area (Å²) < 4.78 is 4.77. The zero-order valence-electron chi connectivity index (χ0n) is 10.3. The van der Waals surface area contributed by atoms with Crippen LogP contribution in [0.2, 0.25) is 0 Å². The summed E-state index contributed by atoms with van der Waals surface area (Å²) in [7, 11) is 0. The minimum absolute atomic E-state index is 0.0577. The number of imide groups is 1. The Bertz CT molecular complexity index is 327. The summed E-state index contributed by atoms with van der Waals surface area (Å²) in [5.41, 5.74) is 0. The zero-order valence-corrected chi connectivity index (χ0v) is 10.3. The van der Waals surface area contributed by atoms with Crippen LogP contribution in [0.15, 0.2) is 0 Å². The molecule has 1 fully saturated rings. The second kappa shape index (κ2) is 5.65. The fraction of sp³-hybridized carbons (Fsp3) is 0.727. The molecule has 0 spiro atoms. The molecule has 1 aliphatic rings. The Morgan fingerprint density at radius 1 is 1.35 bits per heavy atom. The zero-order chi connectivity index (χ0) is 13.0. The van der Waals surface area contributed by atoms with Crippen molar-refractivity contribution < 1.29 is 19.1 Å². The van der Waals surface area contributed by atoms with Crippen LogP contribution in [-0.4, -0.2) is 30.6 Å². The molecule has 6 nitrogen and oxygen atoms in total. The van der Waals surface area contributed by atoms with Gasteiger partial charge in [0.15, 0.2) is 6.61 Å². The van der Waals surface area contributed by atoms with Crippen molar-refractivity contribution in [2.45, 2.75) is 33.2 Å². The third kappa shape index (κ3) is 4.84. The lowest BCUT2D eigenvalue weighted by molar-refractivity contribution is -0.149. The molecular weight excluding hydrogens is 224 g/mol. The number of hydrogen-bond donors (Lipinski definition) is 2. The summed E-state index contributed by atoms with van der Waals surface area (Å²) in [6.07, 6.45) is 0.814. The molecule has 0 saturated heterocycles. The first-order valence-corrected chi connectivity index (χ1v) is 5.67. The van der Waals surface area contributed by atoms with Gasteiger partial charge in [0, 0.05) is 6.04 Å². The van der Waals surface area contributed by atoms with Crippen molar-refractivity contribution in [3.8, 4) is 0 Å². The van der Waals surface area contributed by atoms with Gasteiger partial charge in [-0.2, -0.15) is 0 Å². The number of hydrogen-bond acceptors (Lipinski definition) is 4. The predicted octanol–water partition coefficient (Wildman–Crippen LogP) is 0.420. The van der Waals surface area contributed by atoms with Gasteiger partial charge in [-0.25, -0.2) is 4.79 Å². The van der Waals surface area contributed by atoms with Gasteiger partial charge in [-0.3, -0.25) is 14.9 Å². The SMILES string of the molecule is CC(C)NC(=O)NC(=O)COC(=O)[C@@H]1C[C@@H]1C. The fourth-order valence-corrected chi connectivity index (χ4v) is 1.36. The highest BCUT2D eigenvalue weighted by Crippen LogP contribution is 2.38. The van der Waals surface area contributed by atoms with E-state index in [1.54, 1.807) is 13.8 Å². The number of carbonyl (C=O) groups excluding carboxylic acids is 3. The number of amides is 3. The molecule has 1 rings (SSSR count). The standard InChI is InChI=1S/C11H18N2O4/c1-6(2)12-11(16)13-9(14)5-17-10(15)8-4-7(8)3/h6-8H,4-5H2,1-3H3,(H2,12,13,14,16)/t7-,8+/m0/s1. The maximum Gasteiger partial charge on any atom is 0.321 e. The van der Waals surface area contributed by atoms with E-state index < -0.39 is 18.5 Å². The summed E-state index contributed by atoms with van der Waals surface area (Å²) in [4.78, 5) is 33.6. The van der Waals surface area contributed by atoms with Gasteiger partial charge in [0.05, 0.1) is 5.92 Å². The Balaban J connectivity index is 2.16. The molecule has 3 amide bonds. The Morgan fingerprint density at radius 3 is 2.41 bits per heavy atom. The van der Waals surface area contributed by atoms with Crippen LogP contribution >= 0.6 is 0 Å². The Morgan fingerprint density at radius 2 is 1.94 bits per heavy atom. The minimum Gasteiger partial charge on any atom is -0.455 e. The van der Waals surface area contributed by atoms with Crippen molar-refractivity contribution in [3.05, 3.63) is 0 Å². The van der Waals surface area contributed by atoms with E-state index in [-0.39, 0.29) is 17.9 Å². The maximum atomic E-state index is 11.3. The van der Waals surface area contributed by atoms with E-state index in [0.29, 0.717) is 5.92 Å². The van der Waals surface area contributed by atoms with E-state index in [1.165, 1.54) is 0 Å². The minimum atomic E-state index is -0.621. The van der Waals surface area contributed by atoms with Gasteiger partial charge in [0.1, 0.15) is 0 Å². The highest BCUT2D eigenvalue weighted by molar-refractivity contribution is 5.95. The molecule has 1 aliphatic carbocycles. The van der Waals surface area contributed by atoms with Crippen molar-refractivity contribution in [2.24, 2.45) is 11.8 Å². The quantitative estimate of drug-likeness (QED) is 0.700. The van der Waals surface area contributed by atoms with Crippen molar-refractivity contribution >= 4 is 17.9 Å². The van der Waals surface area contributed by atoms with Crippen LogP contribution in [-0.2, 0) is 14.3 Å². The number of ether oxygens (including phenoxy) is 1. The van der Waals surface area contributed by atoms with E-state index >= 15 is 0 Å². The lowest BCUT2D eigenvalue weighted by Crippen LogP contribution is -2.44. The molecule has 2 atom stereocenters. The van der Waals surface area contributed by atoms with Crippen LogP contribution in [0.25, 0.3) is 0 Å². The highest BCUT2D eigenvalue weighted by atomic mass is 16.5. The van der Waals surface area contributed by atoms with Crippen LogP contribution in [0.5, 0.6) is 0 Å². The first-order valence-electron chi connectivity index (χ1n) is 5.67. The molecule has 1 saturated carbocycles. The second-order valence-electron chi connectivity index (χ2n) is 4.60. The van der Waals surface area contributed by atoms with E-state index in [9.17, 15) is 14.4 Å². The lowest BCUT2D eigenvalue weighted by Gasteiger charge is -2.09. The van der Waals surface area contributed by atoms with E-state index in [2.05, 4.69) is 10.6 Å². The van der Waals surface area contributed by atoms with Crippen molar-refractivity contribution in [3.63, 3.8) is 0 Å². The second-order valence-corrected chi connectivity index (χ2v) is 4.60. The summed E-state index contributed by atoms with van der Waals surface area (Å²) in [5.74, 6) is -0.719. The monoisotopic (exact) mass is 242 g/mol. The fourth-order valence-electron chi connectivity index (χ4n) is 1.36. The third-order valence-electron chi connectivity index (χ3n) is 2.43. The smallest absolute Gasteiger partial charge is 0.321 e. The van der Waals surface area contributed by atoms with Gasteiger partial charge >= 0.3 is 12.0 Å². The van der Waals surface area contributed by atoms with Crippen LogP contribution in [0.1, 0.15) is 27.2 Å². The van der Waals surface area contributed by atoms with Crippen molar-refractivity contribution in [1.29, 1.82) is 0 Å². The Kier molecular flexibility index (Phi) is 4.48. The third-order valence-corrected chi connectivity index (χ3v) is 2.43. The van der Waals surface area contributed by atoms with Crippen LogP contribution in [0.4, 0.5) is 4.79 Å². The molecule has 0 heterocycles. The maximum absolute atomic E-state index is 11.3. The highest BCUT2D eigenvalue weighted by Gasteiger charge is 2.40. The van der Waals surface area contributed by atoms with Gasteiger partial charge < -0.3 is 10.1 Å². The topological polar surface area (TPSA) is 84.5 Å². The Labute approximate surface area is 100 Å². The molecule has 0 aromatic heterocycles.